The molecular formula is C10H17F3N2O2. The van der Waals surface area contributed by atoms with Crippen LogP contribution in [0.3, 0.4) is 0 Å². The van der Waals surface area contributed by atoms with Crippen LogP contribution >= 0.6 is 0 Å². The number of hydrogen-bond acceptors (Lipinski definition) is 3. The van der Waals surface area contributed by atoms with Gasteiger partial charge in [-0.2, -0.15) is 13.2 Å². The molecule has 4 nitrogen and oxygen atoms in total. The van der Waals surface area contributed by atoms with Crippen molar-refractivity contribution in [2.75, 3.05) is 19.7 Å². The molecule has 0 radical (unpaired) electrons. The van der Waals surface area contributed by atoms with E-state index < -0.39 is 18.6 Å². The van der Waals surface area contributed by atoms with Gasteiger partial charge in [0.1, 0.15) is 6.54 Å². The SMILES string of the molecule is CCOC1CC(NCC(=O)NCC(F)(F)F)C1. The number of hydrogen-bond donors (Lipinski definition) is 2. The Labute approximate surface area is 97.9 Å². The summed E-state index contributed by atoms with van der Waals surface area (Å²) in [7, 11) is 0. The average Bonchev–Trinajstić information content (AvgIpc) is 2.17. The number of carbonyl (C=O) groups is 1. The van der Waals surface area contributed by atoms with Gasteiger partial charge in [-0.15, -0.1) is 0 Å². The number of nitrogens with one attached hydrogen (secondary N) is 2. The largest absolute Gasteiger partial charge is 0.405 e. The molecule has 0 bridgehead atoms. The smallest absolute Gasteiger partial charge is 0.378 e. The zero-order valence-electron chi connectivity index (χ0n) is 9.64. The molecule has 1 amide bonds. The fourth-order valence-corrected chi connectivity index (χ4v) is 1.60. The molecule has 1 saturated carbocycles. The average molecular weight is 254 g/mol. The molecule has 0 heterocycles. The fourth-order valence-electron chi connectivity index (χ4n) is 1.60. The number of carbonyl (C=O) groups excluding carboxylic acids is 1. The Morgan fingerprint density at radius 1 is 1.41 bits per heavy atom. The maximum absolute atomic E-state index is 11.8. The van der Waals surface area contributed by atoms with Crippen molar-refractivity contribution in [1.82, 2.24) is 10.6 Å². The van der Waals surface area contributed by atoms with Gasteiger partial charge in [-0.3, -0.25) is 4.79 Å². The van der Waals surface area contributed by atoms with Crippen molar-refractivity contribution in [3.8, 4) is 0 Å². The molecule has 0 saturated heterocycles. The minimum atomic E-state index is -4.35. The van der Waals surface area contributed by atoms with Crippen molar-refractivity contribution in [2.45, 2.75) is 38.1 Å². The van der Waals surface area contributed by atoms with Gasteiger partial charge in [0.05, 0.1) is 12.6 Å². The number of rotatable bonds is 6. The molecule has 1 fully saturated rings. The van der Waals surface area contributed by atoms with Gasteiger partial charge in [0.25, 0.3) is 0 Å². The molecule has 0 aromatic rings. The van der Waals surface area contributed by atoms with E-state index in [0.29, 0.717) is 6.61 Å². The molecule has 7 heteroatoms. The van der Waals surface area contributed by atoms with Crippen LogP contribution in [0.5, 0.6) is 0 Å². The molecular weight excluding hydrogens is 237 g/mol. The molecule has 1 aliphatic rings. The summed E-state index contributed by atoms with van der Waals surface area (Å²) in [5.74, 6) is -0.637. The van der Waals surface area contributed by atoms with Crippen LogP contribution in [-0.4, -0.2) is 43.9 Å². The van der Waals surface area contributed by atoms with Crippen molar-refractivity contribution in [3.63, 3.8) is 0 Å². The molecule has 1 rings (SSSR count). The first-order valence-corrected chi connectivity index (χ1v) is 5.59. The molecule has 0 unspecified atom stereocenters. The third-order valence-electron chi connectivity index (χ3n) is 2.53. The van der Waals surface area contributed by atoms with E-state index in [2.05, 4.69) is 5.32 Å². The second-order valence-electron chi connectivity index (χ2n) is 4.02. The molecule has 0 aromatic carbocycles. The number of amides is 1. The van der Waals surface area contributed by atoms with Gasteiger partial charge in [-0.1, -0.05) is 0 Å². The Morgan fingerprint density at radius 2 is 2.06 bits per heavy atom. The number of halogens is 3. The van der Waals surface area contributed by atoms with Gasteiger partial charge in [0.15, 0.2) is 0 Å². The molecule has 0 spiro atoms. The predicted molar refractivity (Wildman–Crippen MR) is 55.5 cm³/mol. The standard InChI is InChI=1S/C10H17F3N2O2/c1-2-17-8-3-7(4-8)14-5-9(16)15-6-10(11,12)13/h7-8,14H,2-6H2,1H3,(H,15,16). The first kappa shape index (κ1) is 14.2. The van der Waals surface area contributed by atoms with Gasteiger partial charge in [-0.25, -0.2) is 0 Å². The van der Waals surface area contributed by atoms with Crippen molar-refractivity contribution in [1.29, 1.82) is 0 Å². The topological polar surface area (TPSA) is 50.4 Å². The third-order valence-corrected chi connectivity index (χ3v) is 2.53. The minimum absolute atomic E-state index is 0.0837. The quantitative estimate of drug-likeness (QED) is 0.738. The van der Waals surface area contributed by atoms with Crippen molar-refractivity contribution < 1.29 is 22.7 Å². The van der Waals surface area contributed by atoms with Gasteiger partial charge in [0, 0.05) is 12.6 Å². The second-order valence-corrected chi connectivity index (χ2v) is 4.02. The Hall–Kier alpha value is -0.820. The van der Waals surface area contributed by atoms with E-state index in [-0.39, 0.29) is 18.7 Å². The predicted octanol–water partition coefficient (Wildman–Crippen LogP) is 0.822. The van der Waals surface area contributed by atoms with Gasteiger partial charge in [0.2, 0.25) is 5.91 Å². The molecule has 2 N–H and O–H groups in total. The lowest BCUT2D eigenvalue weighted by molar-refractivity contribution is -0.138. The summed E-state index contributed by atoms with van der Waals surface area (Å²) < 4.78 is 40.6. The van der Waals surface area contributed by atoms with E-state index >= 15 is 0 Å². The lowest BCUT2D eigenvalue weighted by Crippen LogP contribution is -2.49. The monoisotopic (exact) mass is 254 g/mol. The van der Waals surface area contributed by atoms with E-state index in [9.17, 15) is 18.0 Å². The zero-order valence-corrected chi connectivity index (χ0v) is 9.64. The second kappa shape index (κ2) is 6.20. The first-order chi connectivity index (χ1) is 7.90. The summed E-state index contributed by atoms with van der Waals surface area (Å²) in [4.78, 5) is 11.0. The summed E-state index contributed by atoms with van der Waals surface area (Å²) in [6.07, 6.45) is -2.52. The van der Waals surface area contributed by atoms with Crippen LogP contribution in [0, 0.1) is 0 Å². The molecule has 100 valence electrons. The summed E-state index contributed by atoms with van der Waals surface area (Å²) in [6.45, 7) is 1.20. The highest BCUT2D eigenvalue weighted by Gasteiger charge is 2.30. The minimum Gasteiger partial charge on any atom is -0.378 e. The summed E-state index contributed by atoms with van der Waals surface area (Å²) in [6, 6.07) is 0.170. The maximum Gasteiger partial charge on any atom is 0.405 e. The lowest BCUT2D eigenvalue weighted by atomic mass is 9.89. The summed E-state index contributed by atoms with van der Waals surface area (Å²) in [5.41, 5.74) is 0. The van der Waals surface area contributed by atoms with E-state index in [0.717, 1.165) is 12.8 Å². The zero-order chi connectivity index (χ0) is 12.9. The molecule has 17 heavy (non-hydrogen) atoms. The van der Waals surface area contributed by atoms with Crippen molar-refractivity contribution in [3.05, 3.63) is 0 Å². The fraction of sp³-hybridized carbons (Fsp3) is 0.900. The van der Waals surface area contributed by atoms with E-state index in [4.69, 9.17) is 4.74 Å². The van der Waals surface area contributed by atoms with Crippen LogP contribution in [-0.2, 0) is 9.53 Å². The van der Waals surface area contributed by atoms with Gasteiger partial charge >= 0.3 is 6.18 Å². The summed E-state index contributed by atoms with van der Waals surface area (Å²) in [5, 5.41) is 4.69. The number of ether oxygens (including phenoxy) is 1. The Balaban J connectivity index is 2.02. The van der Waals surface area contributed by atoms with Crippen LogP contribution in [0.4, 0.5) is 13.2 Å². The first-order valence-electron chi connectivity index (χ1n) is 5.59. The van der Waals surface area contributed by atoms with Crippen LogP contribution in [0.1, 0.15) is 19.8 Å². The Kier molecular flexibility index (Phi) is 5.20. The van der Waals surface area contributed by atoms with E-state index in [1.165, 1.54) is 0 Å². The Bertz CT molecular complexity index is 252. The molecule has 0 aliphatic heterocycles. The van der Waals surface area contributed by atoms with Crippen molar-refractivity contribution in [2.24, 2.45) is 0 Å². The maximum atomic E-state index is 11.8. The van der Waals surface area contributed by atoms with Crippen molar-refractivity contribution >= 4 is 5.91 Å². The van der Waals surface area contributed by atoms with Crippen LogP contribution in [0.2, 0.25) is 0 Å². The summed E-state index contributed by atoms with van der Waals surface area (Å²) >= 11 is 0. The third kappa shape index (κ3) is 5.88. The Morgan fingerprint density at radius 3 is 2.59 bits per heavy atom. The van der Waals surface area contributed by atoms with Crippen LogP contribution in [0.25, 0.3) is 0 Å². The highest BCUT2D eigenvalue weighted by atomic mass is 19.4. The highest BCUT2D eigenvalue weighted by Crippen LogP contribution is 2.22. The van der Waals surface area contributed by atoms with Crippen LogP contribution < -0.4 is 10.6 Å². The molecule has 0 atom stereocenters. The lowest BCUT2D eigenvalue weighted by Gasteiger charge is -2.35. The van der Waals surface area contributed by atoms with Gasteiger partial charge in [-0.05, 0) is 19.8 Å². The van der Waals surface area contributed by atoms with Crippen LogP contribution in [0.15, 0.2) is 0 Å². The highest BCUT2D eigenvalue weighted by molar-refractivity contribution is 5.78. The van der Waals surface area contributed by atoms with E-state index in [1.54, 1.807) is 5.32 Å². The molecule has 1 aliphatic carbocycles. The van der Waals surface area contributed by atoms with Gasteiger partial charge < -0.3 is 15.4 Å². The molecule has 0 aromatic heterocycles. The number of alkyl halides is 3. The van der Waals surface area contributed by atoms with E-state index in [1.807, 2.05) is 6.92 Å². The normalized spacial score (nSPS) is 24.2.